The molecule has 0 N–H and O–H groups in total. The van der Waals surface area contributed by atoms with E-state index in [-0.39, 0.29) is 0 Å². The van der Waals surface area contributed by atoms with Gasteiger partial charge in [-0.1, -0.05) is 42.5 Å². The van der Waals surface area contributed by atoms with Crippen molar-refractivity contribution in [2.75, 3.05) is 6.61 Å². The van der Waals surface area contributed by atoms with Gasteiger partial charge < -0.3 is 14.0 Å². The highest BCUT2D eigenvalue weighted by Gasteiger charge is 2.28. The van der Waals surface area contributed by atoms with Crippen LogP contribution in [0.1, 0.15) is 25.3 Å². The first-order valence-electron chi connectivity index (χ1n) is 7.78. The summed E-state index contributed by atoms with van der Waals surface area (Å²) in [6, 6.07) is 10.1. The number of hydrogen-bond donors (Lipinski definition) is 0. The Kier molecular flexibility index (Phi) is 7.72. The molecule has 4 heteroatoms. The van der Waals surface area contributed by atoms with E-state index in [9.17, 15) is 4.79 Å². The van der Waals surface area contributed by atoms with Crippen LogP contribution in [0.25, 0.3) is 0 Å². The molecule has 0 aliphatic carbocycles. The van der Waals surface area contributed by atoms with Crippen LogP contribution in [-0.4, -0.2) is 26.8 Å². The molecular formula is C18H28O3Si. The van der Waals surface area contributed by atoms with Gasteiger partial charge in [-0.2, -0.15) is 0 Å². The minimum Gasteiger partial charge on any atom is -0.409 e. The van der Waals surface area contributed by atoms with Gasteiger partial charge in [-0.25, -0.2) is 0 Å². The Bertz CT molecular complexity index is 465. The summed E-state index contributed by atoms with van der Waals surface area (Å²) in [6.45, 7) is 9.66. The largest absolute Gasteiger partial charge is 0.409 e. The summed E-state index contributed by atoms with van der Waals surface area (Å²) in [7, 11) is -1.69. The lowest BCUT2D eigenvalue weighted by atomic mass is 10.0. The van der Waals surface area contributed by atoms with Gasteiger partial charge in [-0.15, -0.1) is 0 Å². The van der Waals surface area contributed by atoms with Crippen LogP contribution in [0, 0.1) is 0 Å². The zero-order chi connectivity index (χ0) is 16.5. The number of hydrogen-bond acceptors (Lipinski definition) is 3. The Morgan fingerprint density at radius 1 is 1.18 bits per heavy atom. The second kappa shape index (κ2) is 9.03. The van der Waals surface area contributed by atoms with E-state index in [1.807, 2.05) is 31.2 Å². The summed E-state index contributed by atoms with van der Waals surface area (Å²) in [5.41, 5.74) is 0.686. The van der Waals surface area contributed by atoms with Gasteiger partial charge in [0.15, 0.2) is 8.32 Å². The predicted molar refractivity (Wildman–Crippen MR) is 93.4 cm³/mol. The smallest absolute Gasteiger partial charge is 0.184 e. The van der Waals surface area contributed by atoms with Crippen molar-refractivity contribution < 1.29 is 14.0 Å². The predicted octanol–water partition coefficient (Wildman–Crippen LogP) is 4.35. The fourth-order valence-corrected chi connectivity index (χ4v) is 3.81. The van der Waals surface area contributed by atoms with E-state index in [0.717, 1.165) is 12.7 Å². The highest BCUT2D eigenvalue weighted by molar-refractivity contribution is 6.69. The minimum atomic E-state index is -1.69. The van der Waals surface area contributed by atoms with Gasteiger partial charge in [-0.05, 0) is 38.5 Å². The molecule has 1 aromatic carbocycles. The number of aldehydes is 1. The molecule has 22 heavy (non-hydrogen) atoms. The summed E-state index contributed by atoms with van der Waals surface area (Å²) in [5.74, 6) is 0. The quantitative estimate of drug-likeness (QED) is 0.278. The second-order valence-electron chi connectivity index (χ2n) is 6.63. The topological polar surface area (TPSA) is 35.5 Å². The molecular weight excluding hydrogens is 292 g/mol. The molecule has 0 fully saturated rings. The summed E-state index contributed by atoms with van der Waals surface area (Å²) in [5, 5.41) is 0. The lowest BCUT2D eigenvalue weighted by Gasteiger charge is -2.32. The van der Waals surface area contributed by atoms with E-state index in [2.05, 4.69) is 37.8 Å². The van der Waals surface area contributed by atoms with Gasteiger partial charge in [0.1, 0.15) is 6.29 Å². The summed E-state index contributed by atoms with van der Waals surface area (Å²) in [6.07, 6.45) is 6.19. The van der Waals surface area contributed by atoms with Gasteiger partial charge in [0, 0.05) is 6.42 Å². The summed E-state index contributed by atoms with van der Waals surface area (Å²) in [4.78, 5) is 10.9. The summed E-state index contributed by atoms with van der Waals surface area (Å²) >= 11 is 0. The van der Waals surface area contributed by atoms with Crippen LogP contribution in [0.15, 0.2) is 42.5 Å². The molecule has 0 bridgehead atoms. The van der Waals surface area contributed by atoms with E-state index >= 15 is 0 Å². The number of benzene rings is 1. The van der Waals surface area contributed by atoms with Crippen LogP contribution in [0.4, 0.5) is 0 Å². The summed E-state index contributed by atoms with van der Waals surface area (Å²) < 4.78 is 11.8. The monoisotopic (exact) mass is 320 g/mol. The number of carbonyl (C=O) groups excluding carboxylic acids is 1. The molecule has 0 aromatic heterocycles. The van der Waals surface area contributed by atoms with Crippen molar-refractivity contribution in [3.63, 3.8) is 0 Å². The Morgan fingerprint density at radius 2 is 1.86 bits per heavy atom. The highest BCUT2D eigenvalue weighted by atomic mass is 28.4. The van der Waals surface area contributed by atoms with Crippen LogP contribution in [0.2, 0.25) is 19.6 Å². The third kappa shape index (κ3) is 8.27. The van der Waals surface area contributed by atoms with Crippen LogP contribution < -0.4 is 0 Å². The Labute approximate surface area is 135 Å². The average Bonchev–Trinajstić information content (AvgIpc) is 2.42. The van der Waals surface area contributed by atoms with Crippen LogP contribution >= 0.6 is 0 Å². The minimum absolute atomic E-state index is 0.388. The van der Waals surface area contributed by atoms with E-state index in [4.69, 9.17) is 9.16 Å². The Balaban J connectivity index is 2.36. The molecule has 0 radical (unpaired) electrons. The van der Waals surface area contributed by atoms with Crippen molar-refractivity contribution in [2.24, 2.45) is 0 Å². The average molecular weight is 321 g/mol. The highest BCUT2D eigenvalue weighted by Crippen LogP contribution is 2.22. The molecule has 122 valence electrons. The van der Waals surface area contributed by atoms with Gasteiger partial charge in [0.05, 0.1) is 18.8 Å². The molecule has 1 aromatic rings. The van der Waals surface area contributed by atoms with Crippen molar-refractivity contribution >= 4 is 14.6 Å². The first kappa shape index (κ1) is 18.8. The standard InChI is InChI=1S/C18H28O3Si/c1-18(13-14-19,21-22(2,3)4)12-8-9-15-20-16-17-10-6-5-7-11-17/h5-8,10-12,14H,9,13,15-16H2,1-4H3/b12-8+. The maximum absolute atomic E-state index is 10.9. The molecule has 0 aliphatic rings. The third-order valence-corrected chi connectivity index (χ3v) is 4.12. The lowest BCUT2D eigenvalue weighted by molar-refractivity contribution is -0.110. The van der Waals surface area contributed by atoms with Crippen molar-refractivity contribution in [3.8, 4) is 0 Å². The van der Waals surface area contributed by atoms with Crippen molar-refractivity contribution in [1.29, 1.82) is 0 Å². The lowest BCUT2D eigenvalue weighted by Crippen LogP contribution is -2.39. The zero-order valence-corrected chi connectivity index (χ0v) is 15.2. The molecule has 1 atom stereocenters. The first-order valence-corrected chi connectivity index (χ1v) is 11.2. The molecule has 0 heterocycles. The molecule has 0 amide bonds. The molecule has 0 saturated heterocycles. The van der Waals surface area contributed by atoms with Crippen LogP contribution in [0.5, 0.6) is 0 Å². The van der Waals surface area contributed by atoms with Crippen molar-refractivity contribution in [3.05, 3.63) is 48.0 Å². The van der Waals surface area contributed by atoms with E-state index in [0.29, 0.717) is 19.6 Å². The molecule has 0 aliphatic heterocycles. The molecule has 1 unspecified atom stereocenters. The Morgan fingerprint density at radius 3 is 2.45 bits per heavy atom. The maximum atomic E-state index is 10.9. The van der Waals surface area contributed by atoms with Gasteiger partial charge >= 0.3 is 0 Å². The van der Waals surface area contributed by atoms with Gasteiger partial charge in [0.25, 0.3) is 0 Å². The van der Waals surface area contributed by atoms with Gasteiger partial charge in [-0.3, -0.25) is 0 Å². The second-order valence-corrected chi connectivity index (χ2v) is 11.1. The normalized spacial score (nSPS) is 14.9. The molecule has 0 saturated carbocycles. The number of ether oxygens (including phenoxy) is 1. The third-order valence-electron chi connectivity index (χ3n) is 3.04. The van der Waals surface area contributed by atoms with Gasteiger partial charge in [0.2, 0.25) is 0 Å². The van der Waals surface area contributed by atoms with Crippen molar-refractivity contribution in [2.45, 2.75) is 51.6 Å². The van der Waals surface area contributed by atoms with Crippen LogP contribution in [-0.2, 0) is 20.6 Å². The first-order chi connectivity index (χ1) is 10.3. The number of rotatable bonds is 10. The van der Waals surface area contributed by atoms with E-state index in [1.54, 1.807) is 0 Å². The van der Waals surface area contributed by atoms with E-state index in [1.165, 1.54) is 5.56 Å². The fourth-order valence-electron chi connectivity index (χ4n) is 2.26. The van der Waals surface area contributed by atoms with E-state index < -0.39 is 13.9 Å². The van der Waals surface area contributed by atoms with Crippen molar-refractivity contribution in [1.82, 2.24) is 0 Å². The maximum Gasteiger partial charge on any atom is 0.184 e. The molecule has 1 rings (SSSR count). The van der Waals surface area contributed by atoms with Crippen LogP contribution in [0.3, 0.4) is 0 Å². The molecule has 0 spiro atoms. The Hall–Kier alpha value is -1.23. The fraction of sp³-hybridized carbons (Fsp3) is 0.500. The SMILES string of the molecule is CC(/C=C/CCOCc1ccccc1)(CC=O)O[Si](C)(C)C. The number of carbonyl (C=O) groups is 1. The zero-order valence-electron chi connectivity index (χ0n) is 14.2. The molecule has 3 nitrogen and oxygen atoms in total.